The first-order chi connectivity index (χ1) is 18.3. The van der Waals surface area contributed by atoms with Gasteiger partial charge in [-0.2, -0.15) is 0 Å². The van der Waals surface area contributed by atoms with Gasteiger partial charge in [0.1, 0.15) is 0 Å². The van der Waals surface area contributed by atoms with Crippen LogP contribution in [0.4, 0.5) is 17.1 Å². The van der Waals surface area contributed by atoms with E-state index in [4.69, 9.17) is 0 Å². The van der Waals surface area contributed by atoms with E-state index in [2.05, 4.69) is 122 Å². The molecule has 0 radical (unpaired) electrons. The minimum atomic E-state index is 1.17. The first kappa shape index (κ1) is 26.7. The zero-order chi connectivity index (χ0) is 25.7. The summed E-state index contributed by atoms with van der Waals surface area (Å²) < 4.78 is 0. The number of aryl methyl sites for hydroxylation is 2. The van der Waals surface area contributed by atoms with Crippen molar-refractivity contribution < 1.29 is 0 Å². The molecule has 4 rings (SSSR count). The van der Waals surface area contributed by atoms with Gasteiger partial charge in [0.15, 0.2) is 0 Å². The summed E-state index contributed by atoms with van der Waals surface area (Å²) in [7, 11) is 0. The predicted octanol–water partition coefficient (Wildman–Crippen LogP) is 11.1. The second-order valence-electron chi connectivity index (χ2n) is 10.2. The maximum absolute atomic E-state index is 2.39. The van der Waals surface area contributed by atoms with Crippen LogP contribution in [-0.4, -0.2) is 0 Å². The lowest BCUT2D eigenvalue weighted by Crippen LogP contribution is -2.10. The lowest BCUT2D eigenvalue weighted by atomic mass is 10.0. The molecule has 0 unspecified atom stereocenters. The van der Waals surface area contributed by atoms with Gasteiger partial charge in [0.05, 0.1) is 0 Å². The van der Waals surface area contributed by atoms with Crippen LogP contribution < -0.4 is 4.90 Å². The van der Waals surface area contributed by atoms with Crippen molar-refractivity contribution in [1.82, 2.24) is 0 Å². The molecule has 0 saturated carbocycles. The SMILES string of the molecule is CCCCCCc1ccc(N(c2ccc(CCCCCC)cc2)c2ccc(-c3ccccc3)cc2)cc1. The summed E-state index contributed by atoms with van der Waals surface area (Å²) in [5.41, 5.74) is 8.96. The fourth-order valence-corrected chi connectivity index (χ4v) is 5.02. The summed E-state index contributed by atoms with van der Waals surface area (Å²) in [4.78, 5) is 2.39. The number of rotatable bonds is 14. The quantitative estimate of drug-likeness (QED) is 0.159. The largest absolute Gasteiger partial charge is 0.311 e. The van der Waals surface area contributed by atoms with Crippen LogP contribution in [0.5, 0.6) is 0 Å². The average Bonchev–Trinajstić information content (AvgIpc) is 2.96. The number of anilines is 3. The molecule has 0 aliphatic carbocycles. The van der Waals surface area contributed by atoms with Gasteiger partial charge in [-0.05, 0) is 84.3 Å². The third-order valence-electron chi connectivity index (χ3n) is 7.26. The first-order valence-electron chi connectivity index (χ1n) is 14.4. The van der Waals surface area contributed by atoms with Gasteiger partial charge in [-0.3, -0.25) is 0 Å². The summed E-state index contributed by atoms with van der Waals surface area (Å²) in [5.74, 6) is 0. The number of unbranched alkanes of at least 4 members (excludes halogenated alkanes) is 6. The summed E-state index contributed by atoms with van der Waals surface area (Å²) in [6, 6.07) is 38.0. The second-order valence-corrected chi connectivity index (χ2v) is 10.2. The lowest BCUT2D eigenvalue weighted by Gasteiger charge is -2.26. The standard InChI is InChI=1S/C36H43N/c1-3-5-7-10-14-30-18-24-34(25-19-30)37(35-26-20-31(21-27-35)15-11-8-6-4-2)36-28-22-33(23-29-36)32-16-12-9-13-17-32/h9,12-13,16-29H,3-8,10-11,14-15H2,1-2H3. The number of hydrogen-bond acceptors (Lipinski definition) is 1. The van der Waals surface area contributed by atoms with Crippen molar-refractivity contribution in [3.05, 3.63) is 114 Å². The molecule has 1 heteroatoms. The van der Waals surface area contributed by atoms with E-state index in [1.807, 2.05) is 0 Å². The summed E-state index contributed by atoms with van der Waals surface area (Å²) >= 11 is 0. The Hall–Kier alpha value is -3.32. The van der Waals surface area contributed by atoms with Crippen LogP contribution in [0, 0.1) is 0 Å². The molecule has 4 aromatic rings. The Bertz CT molecular complexity index is 1100. The van der Waals surface area contributed by atoms with Crippen LogP contribution in [0.2, 0.25) is 0 Å². The molecule has 37 heavy (non-hydrogen) atoms. The van der Waals surface area contributed by atoms with Gasteiger partial charge >= 0.3 is 0 Å². The molecule has 0 spiro atoms. The number of nitrogens with zero attached hydrogens (tertiary/aromatic N) is 1. The molecule has 0 aromatic heterocycles. The third-order valence-corrected chi connectivity index (χ3v) is 7.26. The molecule has 0 heterocycles. The lowest BCUT2D eigenvalue weighted by molar-refractivity contribution is 0.667. The molecule has 1 nitrogen and oxygen atoms in total. The van der Waals surface area contributed by atoms with Crippen LogP contribution in [-0.2, 0) is 12.8 Å². The molecule has 0 amide bonds. The van der Waals surface area contributed by atoms with Gasteiger partial charge in [-0.25, -0.2) is 0 Å². The van der Waals surface area contributed by atoms with Gasteiger partial charge in [-0.15, -0.1) is 0 Å². The van der Waals surface area contributed by atoms with Gasteiger partial charge in [0.2, 0.25) is 0 Å². The van der Waals surface area contributed by atoms with E-state index in [1.165, 1.54) is 104 Å². The highest BCUT2D eigenvalue weighted by Gasteiger charge is 2.13. The minimum absolute atomic E-state index is 1.17. The molecule has 4 aromatic carbocycles. The first-order valence-corrected chi connectivity index (χ1v) is 14.4. The molecule has 0 atom stereocenters. The van der Waals surface area contributed by atoms with E-state index in [1.54, 1.807) is 0 Å². The van der Waals surface area contributed by atoms with Crippen molar-refractivity contribution >= 4 is 17.1 Å². The maximum Gasteiger partial charge on any atom is 0.0462 e. The van der Waals surface area contributed by atoms with Crippen LogP contribution in [0.1, 0.15) is 76.3 Å². The fraction of sp³-hybridized carbons (Fsp3) is 0.333. The van der Waals surface area contributed by atoms with Crippen molar-refractivity contribution in [2.45, 2.75) is 78.1 Å². The zero-order valence-corrected chi connectivity index (χ0v) is 22.8. The van der Waals surface area contributed by atoms with Crippen LogP contribution in [0.3, 0.4) is 0 Å². The van der Waals surface area contributed by atoms with Gasteiger partial charge in [0, 0.05) is 17.1 Å². The second kappa shape index (κ2) is 14.4. The monoisotopic (exact) mass is 489 g/mol. The van der Waals surface area contributed by atoms with Crippen molar-refractivity contribution in [2.75, 3.05) is 4.90 Å². The maximum atomic E-state index is 2.39. The Balaban J connectivity index is 1.57. The normalized spacial score (nSPS) is 11.0. The smallest absolute Gasteiger partial charge is 0.0462 e. The highest BCUT2D eigenvalue weighted by molar-refractivity contribution is 5.78. The molecular formula is C36H43N. The molecular weight excluding hydrogens is 446 g/mol. The van der Waals surface area contributed by atoms with Crippen LogP contribution >= 0.6 is 0 Å². The molecule has 0 bridgehead atoms. The zero-order valence-electron chi connectivity index (χ0n) is 22.8. The Morgan fingerprint density at radius 3 is 1.24 bits per heavy atom. The Morgan fingerprint density at radius 1 is 0.405 bits per heavy atom. The van der Waals surface area contributed by atoms with E-state index in [9.17, 15) is 0 Å². The van der Waals surface area contributed by atoms with Gasteiger partial charge in [0.25, 0.3) is 0 Å². The molecule has 192 valence electrons. The van der Waals surface area contributed by atoms with Gasteiger partial charge in [-0.1, -0.05) is 119 Å². The minimum Gasteiger partial charge on any atom is -0.311 e. The Labute approximate surface area is 225 Å². The van der Waals surface area contributed by atoms with E-state index < -0.39 is 0 Å². The third kappa shape index (κ3) is 7.83. The highest BCUT2D eigenvalue weighted by atomic mass is 15.1. The Morgan fingerprint density at radius 2 is 0.811 bits per heavy atom. The number of hydrogen-bond donors (Lipinski definition) is 0. The van der Waals surface area contributed by atoms with E-state index in [0.717, 1.165) is 0 Å². The summed E-state index contributed by atoms with van der Waals surface area (Å²) in [5, 5.41) is 0. The van der Waals surface area contributed by atoms with E-state index in [0.29, 0.717) is 0 Å². The summed E-state index contributed by atoms with van der Waals surface area (Å²) in [6.45, 7) is 4.55. The molecule has 0 fully saturated rings. The molecule has 0 aliphatic heterocycles. The fourth-order valence-electron chi connectivity index (χ4n) is 5.02. The summed E-state index contributed by atoms with van der Waals surface area (Å²) in [6.07, 6.45) is 12.8. The molecule has 0 saturated heterocycles. The molecule has 0 aliphatic rings. The van der Waals surface area contributed by atoms with Crippen molar-refractivity contribution in [1.29, 1.82) is 0 Å². The van der Waals surface area contributed by atoms with Crippen LogP contribution in [0.25, 0.3) is 11.1 Å². The van der Waals surface area contributed by atoms with Crippen LogP contribution in [0.15, 0.2) is 103 Å². The predicted molar refractivity (Wildman–Crippen MR) is 162 cm³/mol. The molecule has 0 N–H and O–H groups in total. The van der Waals surface area contributed by atoms with Crippen molar-refractivity contribution in [3.8, 4) is 11.1 Å². The van der Waals surface area contributed by atoms with E-state index in [-0.39, 0.29) is 0 Å². The van der Waals surface area contributed by atoms with Gasteiger partial charge < -0.3 is 4.90 Å². The average molecular weight is 490 g/mol. The topological polar surface area (TPSA) is 3.24 Å². The number of benzene rings is 4. The van der Waals surface area contributed by atoms with Crippen molar-refractivity contribution in [2.24, 2.45) is 0 Å². The van der Waals surface area contributed by atoms with Crippen molar-refractivity contribution in [3.63, 3.8) is 0 Å². The van der Waals surface area contributed by atoms with E-state index >= 15 is 0 Å². The highest BCUT2D eigenvalue weighted by Crippen LogP contribution is 2.36. The Kier molecular flexibility index (Phi) is 10.4.